The third-order valence-electron chi connectivity index (χ3n) is 4.03. The number of hydrogen-bond donors (Lipinski definition) is 2. The third kappa shape index (κ3) is 11.5. The summed E-state index contributed by atoms with van der Waals surface area (Å²) in [6.45, 7) is 1.78. The van der Waals surface area contributed by atoms with Crippen LogP contribution in [0.15, 0.2) is 0 Å². The first-order chi connectivity index (χ1) is 10.7. The molecule has 0 saturated carbocycles. The van der Waals surface area contributed by atoms with Crippen molar-refractivity contribution in [3.8, 4) is 0 Å². The summed E-state index contributed by atoms with van der Waals surface area (Å²) in [5, 5.41) is 18.3. The number of Topliss-reactive ketones (excluding diaryl/α,β-unsaturated/α-hetero) is 1. The van der Waals surface area contributed by atoms with Crippen LogP contribution in [0.25, 0.3) is 0 Å². The lowest BCUT2D eigenvalue weighted by Gasteiger charge is -2.18. The number of rotatable bonds is 16. The molecule has 5 heteroatoms. The lowest BCUT2D eigenvalue weighted by Crippen LogP contribution is -2.36. The van der Waals surface area contributed by atoms with Crippen LogP contribution in [0.2, 0.25) is 0 Å². The quantitative estimate of drug-likeness (QED) is 0.333. The van der Waals surface area contributed by atoms with Crippen molar-refractivity contribution >= 4 is 15.2 Å². The molecule has 0 aromatic rings. The van der Waals surface area contributed by atoms with Crippen molar-refractivity contribution in [3.05, 3.63) is 0 Å². The molecule has 0 aliphatic heterocycles. The molecule has 0 amide bonds. The first kappa shape index (κ1) is 22.0. The number of aliphatic hydroxyl groups is 2. The Morgan fingerprint density at radius 1 is 0.955 bits per heavy atom. The number of hydrogen-bond acceptors (Lipinski definition) is 4. The molecule has 0 aliphatic rings. The maximum atomic E-state index is 11.8. The highest BCUT2D eigenvalue weighted by molar-refractivity contribution is 7.09. The number of ketones is 1. The van der Waals surface area contributed by atoms with E-state index in [0.29, 0.717) is 6.42 Å². The van der Waals surface area contributed by atoms with E-state index in [9.17, 15) is 9.90 Å². The summed E-state index contributed by atoms with van der Waals surface area (Å²) < 4.78 is 4.87. The lowest BCUT2D eigenvalue weighted by molar-refractivity contribution is -0.131. The van der Waals surface area contributed by atoms with Crippen molar-refractivity contribution in [2.45, 2.75) is 96.2 Å². The first-order valence-electron chi connectivity index (χ1n) is 8.84. The number of unbranched alkanes of at least 4 members (excludes halogenated alkanes) is 10. The zero-order chi connectivity index (χ0) is 16.6. The average molecular weight is 334 g/mol. The Morgan fingerprint density at radius 3 is 1.82 bits per heavy atom. The zero-order valence-corrected chi connectivity index (χ0v) is 15.3. The molecule has 0 heterocycles. The van der Waals surface area contributed by atoms with Crippen molar-refractivity contribution in [2.24, 2.45) is 0 Å². The van der Waals surface area contributed by atoms with Crippen LogP contribution >= 0.6 is 9.47 Å². The Labute approximate surface area is 138 Å². The topological polar surface area (TPSA) is 66.8 Å². The summed E-state index contributed by atoms with van der Waals surface area (Å²) in [4.78, 5) is 11.8. The van der Waals surface area contributed by atoms with E-state index >= 15 is 0 Å². The van der Waals surface area contributed by atoms with Crippen molar-refractivity contribution in [1.82, 2.24) is 0 Å². The highest BCUT2D eigenvalue weighted by Crippen LogP contribution is 2.14. The molecule has 4 nitrogen and oxygen atoms in total. The van der Waals surface area contributed by atoms with Crippen LogP contribution in [0.1, 0.15) is 84.0 Å². The zero-order valence-electron chi connectivity index (χ0n) is 14.1. The molecule has 0 saturated heterocycles. The first-order valence-corrected chi connectivity index (χ1v) is 9.31. The molecular formula is C17H35O4P. The molecule has 0 aromatic carbocycles. The minimum absolute atomic E-state index is 0.132. The number of carbonyl (C=O) groups excluding carboxylic acids is 1. The summed E-state index contributed by atoms with van der Waals surface area (Å²) in [6.07, 6.45) is 12.0. The molecule has 3 unspecified atom stereocenters. The SMILES string of the molecule is CCCCCCCCCCCCCC(=O)C(OP)C(O)CO. The van der Waals surface area contributed by atoms with E-state index in [4.69, 9.17) is 9.63 Å². The lowest BCUT2D eigenvalue weighted by atomic mass is 10.0. The third-order valence-corrected chi connectivity index (χ3v) is 4.32. The molecule has 0 radical (unpaired) electrons. The second-order valence-electron chi connectivity index (χ2n) is 6.06. The summed E-state index contributed by atoms with van der Waals surface area (Å²) in [5.41, 5.74) is 0. The van der Waals surface area contributed by atoms with E-state index in [2.05, 4.69) is 6.92 Å². The summed E-state index contributed by atoms with van der Waals surface area (Å²) in [6, 6.07) is 0. The van der Waals surface area contributed by atoms with Crippen LogP contribution in [0.4, 0.5) is 0 Å². The van der Waals surface area contributed by atoms with Gasteiger partial charge in [0.25, 0.3) is 0 Å². The van der Waals surface area contributed by atoms with E-state index < -0.39 is 18.8 Å². The van der Waals surface area contributed by atoms with Gasteiger partial charge in [-0.25, -0.2) is 0 Å². The fourth-order valence-electron chi connectivity index (χ4n) is 2.58. The van der Waals surface area contributed by atoms with Gasteiger partial charge in [0.2, 0.25) is 0 Å². The maximum absolute atomic E-state index is 11.8. The largest absolute Gasteiger partial charge is 0.394 e. The molecule has 3 atom stereocenters. The van der Waals surface area contributed by atoms with Gasteiger partial charge in [0.05, 0.1) is 6.61 Å². The Hall–Kier alpha value is -0.0200. The van der Waals surface area contributed by atoms with Crippen LogP contribution < -0.4 is 0 Å². The van der Waals surface area contributed by atoms with Gasteiger partial charge in [0.1, 0.15) is 12.2 Å². The summed E-state index contributed by atoms with van der Waals surface area (Å²) >= 11 is 0. The highest BCUT2D eigenvalue weighted by Gasteiger charge is 2.25. The van der Waals surface area contributed by atoms with E-state index in [1.54, 1.807) is 0 Å². The normalized spacial score (nSPS) is 14.0. The second-order valence-corrected chi connectivity index (χ2v) is 6.33. The predicted octanol–water partition coefficient (Wildman–Crippen LogP) is 3.79. The molecule has 2 N–H and O–H groups in total. The van der Waals surface area contributed by atoms with Gasteiger partial charge in [-0.3, -0.25) is 4.79 Å². The fourth-order valence-corrected chi connectivity index (χ4v) is 2.92. The molecular weight excluding hydrogens is 299 g/mol. The van der Waals surface area contributed by atoms with Gasteiger partial charge < -0.3 is 14.7 Å². The molecule has 0 spiro atoms. The van der Waals surface area contributed by atoms with Crippen molar-refractivity contribution in [2.75, 3.05) is 6.61 Å². The van der Waals surface area contributed by atoms with Crippen molar-refractivity contribution < 1.29 is 19.5 Å². The second kappa shape index (κ2) is 15.9. The Kier molecular flexibility index (Phi) is 15.8. The Balaban J connectivity index is 3.43. The minimum atomic E-state index is -1.13. The molecule has 132 valence electrons. The number of aliphatic hydroxyl groups excluding tert-OH is 2. The van der Waals surface area contributed by atoms with Crippen LogP contribution in [0.3, 0.4) is 0 Å². The van der Waals surface area contributed by atoms with Gasteiger partial charge in [-0.05, 0) is 6.42 Å². The van der Waals surface area contributed by atoms with Crippen molar-refractivity contribution in [1.29, 1.82) is 0 Å². The Morgan fingerprint density at radius 2 is 1.41 bits per heavy atom. The maximum Gasteiger partial charge on any atom is 0.164 e. The summed E-state index contributed by atoms with van der Waals surface area (Å²) in [7, 11) is 1.99. The van der Waals surface area contributed by atoms with E-state index in [1.807, 2.05) is 9.47 Å². The van der Waals surface area contributed by atoms with Gasteiger partial charge in [-0.2, -0.15) is 0 Å². The predicted molar refractivity (Wildman–Crippen MR) is 93.8 cm³/mol. The molecule has 0 aromatic heterocycles. The van der Waals surface area contributed by atoms with Crippen LogP contribution in [-0.2, 0) is 9.32 Å². The summed E-state index contributed by atoms with van der Waals surface area (Å²) in [5.74, 6) is -0.132. The van der Waals surface area contributed by atoms with Crippen LogP contribution in [-0.4, -0.2) is 34.8 Å². The average Bonchev–Trinajstić information content (AvgIpc) is 2.53. The highest BCUT2D eigenvalue weighted by atomic mass is 31.0. The Bertz CT molecular complexity index is 261. The van der Waals surface area contributed by atoms with Crippen molar-refractivity contribution in [3.63, 3.8) is 0 Å². The molecule has 22 heavy (non-hydrogen) atoms. The van der Waals surface area contributed by atoms with Gasteiger partial charge in [0, 0.05) is 15.9 Å². The standard InChI is InChI=1S/C17H35O4P/c1-2-3-4-5-6-7-8-9-10-11-12-13-15(19)17(21-22)16(20)14-18/h16-18,20H,2-14,22H2,1H3. The molecule has 0 bridgehead atoms. The molecule has 0 fully saturated rings. The smallest absolute Gasteiger partial charge is 0.164 e. The number of carbonyl (C=O) groups is 1. The van der Waals surface area contributed by atoms with Gasteiger partial charge in [0.15, 0.2) is 5.78 Å². The monoisotopic (exact) mass is 334 g/mol. The van der Waals surface area contributed by atoms with Gasteiger partial charge >= 0.3 is 0 Å². The minimum Gasteiger partial charge on any atom is -0.394 e. The van der Waals surface area contributed by atoms with Crippen LogP contribution in [0.5, 0.6) is 0 Å². The van der Waals surface area contributed by atoms with E-state index in [1.165, 1.54) is 51.4 Å². The van der Waals surface area contributed by atoms with E-state index in [0.717, 1.165) is 19.3 Å². The fraction of sp³-hybridized carbons (Fsp3) is 0.941. The van der Waals surface area contributed by atoms with E-state index in [-0.39, 0.29) is 5.78 Å². The molecule has 0 rings (SSSR count). The molecule has 0 aliphatic carbocycles. The van der Waals surface area contributed by atoms with Gasteiger partial charge in [-0.1, -0.05) is 71.1 Å². The van der Waals surface area contributed by atoms with Gasteiger partial charge in [-0.15, -0.1) is 0 Å². The van der Waals surface area contributed by atoms with Crippen LogP contribution in [0, 0.1) is 0 Å².